The Morgan fingerprint density at radius 3 is 2.16 bits per heavy atom. The number of piperidine rings is 1. The third-order valence-corrected chi connectivity index (χ3v) is 9.44. The van der Waals surface area contributed by atoms with Gasteiger partial charge >= 0.3 is 12.4 Å². The van der Waals surface area contributed by atoms with Crippen LogP contribution in [0.3, 0.4) is 0 Å². The Morgan fingerprint density at radius 2 is 1.58 bits per heavy atom. The van der Waals surface area contributed by atoms with Gasteiger partial charge in [0.15, 0.2) is 5.78 Å². The van der Waals surface area contributed by atoms with Crippen molar-refractivity contribution in [2.24, 2.45) is 17.3 Å². The molecule has 4 rings (SSSR count). The Hall–Kier alpha value is -2.79. The van der Waals surface area contributed by atoms with Gasteiger partial charge < -0.3 is 10.2 Å². The van der Waals surface area contributed by atoms with Gasteiger partial charge in [-0.2, -0.15) is 26.3 Å². The van der Waals surface area contributed by atoms with E-state index in [1.807, 2.05) is 0 Å². The van der Waals surface area contributed by atoms with Crippen molar-refractivity contribution in [2.45, 2.75) is 71.1 Å². The monoisotopic (exact) mass is 678 g/mol. The Labute approximate surface area is 267 Å². The van der Waals surface area contributed by atoms with E-state index in [2.05, 4.69) is 5.32 Å². The average molecular weight is 680 g/mol. The molecule has 1 aliphatic heterocycles. The highest BCUT2D eigenvalue weighted by molar-refractivity contribution is 6.40. The molecule has 1 amide bonds. The molecule has 0 unspecified atom stereocenters. The lowest BCUT2D eigenvalue weighted by Crippen LogP contribution is -2.40. The minimum Gasteiger partial charge on any atom is -0.371 e. The van der Waals surface area contributed by atoms with Gasteiger partial charge in [0.25, 0.3) is 5.91 Å². The molecule has 45 heavy (non-hydrogen) atoms. The summed E-state index contributed by atoms with van der Waals surface area (Å²) in [7, 11) is 0. The summed E-state index contributed by atoms with van der Waals surface area (Å²) in [5.74, 6) is -2.96. The fourth-order valence-corrected chi connectivity index (χ4v) is 5.97. The third-order valence-electron chi connectivity index (χ3n) is 8.69. The van der Waals surface area contributed by atoms with Crippen LogP contribution in [0, 0.1) is 17.3 Å². The summed E-state index contributed by atoms with van der Waals surface area (Å²) in [6.07, 6.45) is -8.03. The van der Waals surface area contributed by atoms with Gasteiger partial charge in [-0.05, 0) is 81.2 Å². The van der Waals surface area contributed by atoms with Gasteiger partial charge in [-0.3, -0.25) is 14.4 Å². The number of ketones is 2. The molecule has 0 atom stereocenters. The third kappa shape index (κ3) is 8.33. The number of nitrogens with zero attached hydrogens (tertiary/aromatic N) is 1. The van der Waals surface area contributed by atoms with Crippen molar-refractivity contribution >= 4 is 46.4 Å². The highest BCUT2D eigenvalue weighted by Crippen LogP contribution is 2.40. The summed E-state index contributed by atoms with van der Waals surface area (Å²) in [4.78, 5) is 40.8. The van der Waals surface area contributed by atoms with Gasteiger partial charge in [0.2, 0.25) is 0 Å². The number of benzene rings is 2. The number of aryl methyl sites for hydroxylation is 1. The molecule has 246 valence electrons. The Bertz CT molecular complexity index is 1450. The smallest absolute Gasteiger partial charge is 0.371 e. The van der Waals surface area contributed by atoms with Crippen molar-refractivity contribution < 1.29 is 40.7 Å². The van der Waals surface area contributed by atoms with Crippen LogP contribution in [0.25, 0.3) is 0 Å². The maximum absolute atomic E-state index is 13.5. The fourth-order valence-electron chi connectivity index (χ4n) is 5.29. The number of nitrogens with one attached hydrogen (secondary N) is 1. The molecule has 0 spiro atoms. The van der Waals surface area contributed by atoms with Crippen LogP contribution in [-0.2, 0) is 17.6 Å². The first-order chi connectivity index (χ1) is 20.9. The summed E-state index contributed by atoms with van der Waals surface area (Å²) < 4.78 is 79.6. The first-order valence-electron chi connectivity index (χ1n) is 14.7. The van der Waals surface area contributed by atoms with Gasteiger partial charge in [-0.15, -0.1) is 0 Å². The van der Waals surface area contributed by atoms with Crippen molar-refractivity contribution in [1.29, 1.82) is 0 Å². The minimum atomic E-state index is -4.72. The zero-order valence-electron chi connectivity index (χ0n) is 24.8. The highest BCUT2D eigenvalue weighted by Gasteiger charge is 2.52. The molecule has 1 heterocycles. The van der Waals surface area contributed by atoms with Crippen LogP contribution in [0.1, 0.15) is 77.8 Å². The lowest BCUT2D eigenvalue weighted by molar-refractivity contribution is -0.210. The summed E-state index contributed by atoms with van der Waals surface area (Å²) in [5, 5.41) is 2.83. The molecule has 1 saturated heterocycles. The molecular formula is C32H34Cl2F6N2O3. The second-order valence-corrected chi connectivity index (χ2v) is 13.1. The maximum atomic E-state index is 13.5. The Balaban J connectivity index is 1.54. The van der Waals surface area contributed by atoms with Crippen LogP contribution >= 0.6 is 23.2 Å². The largest absolute Gasteiger partial charge is 0.400 e. The first-order valence-corrected chi connectivity index (χ1v) is 15.5. The molecule has 2 aromatic carbocycles. The normalized spacial score (nSPS) is 16.5. The summed E-state index contributed by atoms with van der Waals surface area (Å²) in [6.45, 7) is 2.32. The lowest BCUT2D eigenvalue weighted by atomic mass is 9.84. The van der Waals surface area contributed by atoms with Crippen LogP contribution in [-0.4, -0.2) is 49.5 Å². The van der Waals surface area contributed by atoms with E-state index >= 15 is 0 Å². The summed E-state index contributed by atoms with van der Waals surface area (Å²) in [5.41, 5.74) is -1.17. The number of rotatable bonds is 11. The van der Waals surface area contributed by atoms with Crippen LogP contribution in [0.4, 0.5) is 32.0 Å². The van der Waals surface area contributed by atoms with E-state index in [0.29, 0.717) is 23.7 Å². The quantitative estimate of drug-likeness (QED) is 0.191. The molecule has 2 aliphatic rings. The molecular weight excluding hydrogens is 645 g/mol. The molecule has 2 fully saturated rings. The summed E-state index contributed by atoms with van der Waals surface area (Å²) in [6, 6.07) is 7.61. The maximum Gasteiger partial charge on any atom is 0.400 e. The number of anilines is 1. The van der Waals surface area contributed by atoms with Crippen molar-refractivity contribution in [3.05, 3.63) is 62.6 Å². The second-order valence-electron chi connectivity index (χ2n) is 12.3. The number of hydrogen-bond donors (Lipinski definition) is 1. The lowest BCUT2D eigenvalue weighted by Gasteiger charge is -2.35. The van der Waals surface area contributed by atoms with E-state index in [-0.39, 0.29) is 65.5 Å². The van der Waals surface area contributed by atoms with E-state index in [1.54, 1.807) is 17.0 Å². The van der Waals surface area contributed by atoms with Crippen molar-refractivity contribution in [1.82, 2.24) is 5.32 Å². The molecule has 1 saturated carbocycles. The number of Topliss-reactive ketones (excluding diaryl/α,β-unsaturated/α-hetero) is 2. The van der Waals surface area contributed by atoms with E-state index in [1.165, 1.54) is 18.2 Å². The zero-order chi connectivity index (χ0) is 33.3. The predicted octanol–water partition coefficient (Wildman–Crippen LogP) is 8.43. The molecule has 0 bridgehead atoms. The standard InChI is InChI=1S/C32H34Cl2F6N2O3/c1-30(2,32(38,39)40)26(44)10-7-20-6-8-23(33)27(28(20)34)25(43)16-19-5-9-24(22(15-19)29(45)41-17-18-3-4-18)42-13-11-21(12-14-42)31(35,36)37/h5-6,8-9,15,18,21H,3-4,7,10-14,16-17H2,1-2H3,(H,41,45). The van der Waals surface area contributed by atoms with Crippen molar-refractivity contribution in [2.75, 3.05) is 24.5 Å². The first kappa shape index (κ1) is 35.1. The summed E-state index contributed by atoms with van der Waals surface area (Å²) >= 11 is 12.8. The molecule has 1 N–H and O–H groups in total. The van der Waals surface area contributed by atoms with E-state index < -0.39 is 47.6 Å². The van der Waals surface area contributed by atoms with Gasteiger partial charge in [0, 0.05) is 38.2 Å². The van der Waals surface area contributed by atoms with Gasteiger partial charge in [0.05, 0.1) is 27.1 Å². The van der Waals surface area contributed by atoms with Crippen molar-refractivity contribution in [3.63, 3.8) is 0 Å². The Kier molecular flexibility index (Phi) is 10.5. The highest BCUT2D eigenvalue weighted by atomic mass is 35.5. The number of carbonyl (C=O) groups is 3. The van der Waals surface area contributed by atoms with E-state index in [4.69, 9.17) is 23.2 Å². The second kappa shape index (κ2) is 13.5. The van der Waals surface area contributed by atoms with Crippen molar-refractivity contribution in [3.8, 4) is 0 Å². The minimum absolute atomic E-state index is 0.0160. The number of hydrogen-bond acceptors (Lipinski definition) is 4. The van der Waals surface area contributed by atoms with Crippen LogP contribution in [0.2, 0.25) is 10.0 Å². The number of amides is 1. The van der Waals surface area contributed by atoms with Gasteiger partial charge in [-0.25, -0.2) is 0 Å². The fraction of sp³-hybridized carbons (Fsp3) is 0.531. The molecule has 0 aromatic heterocycles. The number of halogens is 8. The molecule has 2 aromatic rings. The Morgan fingerprint density at radius 1 is 0.933 bits per heavy atom. The SMILES string of the molecule is CC(C)(C(=O)CCc1ccc(Cl)c(C(=O)Cc2ccc(N3CCC(C(F)(F)F)CC3)c(C(=O)NCC3CC3)c2)c1Cl)C(F)(F)F. The van der Waals surface area contributed by atoms with Crippen LogP contribution in [0.15, 0.2) is 30.3 Å². The average Bonchev–Trinajstić information content (AvgIpc) is 3.79. The van der Waals surface area contributed by atoms with Crippen LogP contribution < -0.4 is 10.2 Å². The molecule has 5 nitrogen and oxygen atoms in total. The molecule has 1 aliphatic carbocycles. The zero-order valence-corrected chi connectivity index (χ0v) is 26.3. The number of carbonyl (C=O) groups excluding carboxylic acids is 3. The van der Waals surface area contributed by atoms with E-state index in [0.717, 1.165) is 26.7 Å². The predicted molar refractivity (Wildman–Crippen MR) is 160 cm³/mol. The van der Waals surface area contributed by atoms with Gasteiger partial charge in [-0.1, -0.05) is 35.3 Å². The van der Waals surface area contributed by atoms with Gasteiger partial charge in [0.1, 0.15) is 11.2 Å². The topological polar surface area (TPSA) is 66.5 Å². The molecule has 0 radical (unpaired) electrons. The van der Waals surface area contributed by atoms with E-state index in [9.17, 15) is 40.7 Å². The van der Waals surface area contributed by atoms with Crippen LogP contribution in [0.5, 0.6) is 0 Å². The number of alkyl halides is 6. The molecule has 13 heteroatoms.